The van der Waals surface area contributed by atoms with Crippen LogP contribution in [-0.2, 0) is 6.54 Å². The molecular formula is C17H15N5O3. The molecule has 0 bridgehead atoms. The van der Waals surface area contributed by atoms with Crippen molar-refractivity contribution in [2.75, 3.05) is 6.54 Å². The van der Waals surface area contributed by atoms with Gasteiger partial charge in [-0.2, -0.15) is 0 Å². The number of hydrogen-bond donors (Lipinski definition) is 2. The molecule has 126 valence electrons. The van der Waals surface area contributed by atoms with E-state index in [2.05, 4.69) is 20.3 Å². The number of nitrogens with one attached hydrogen (secondary N) is 2. The molecule has 2 aromatic heterocycles. The zero-order valence-electron chi connectivity index (χ0n) is 13.2. The number of aromatic amines is 1. The summed E-state index contributed by atoms with van der Waals surface area (Å²) in [4.78, 5) is 45.6. The van der Waals surface area contributed by atoms with E-state index in [0.717, 1.165) is 18.0 Å². The lowest BCUT2D eigenvalue weighted by Crippen LogP contribution is -2.31. The van der Waals surface area contributed by atoms with Crippen LogP contribution in [-0.4, -0.2) is 32.0 Å². The summed E-state index contributed by atoms with van der Waals surface area (Å²) in [6, 6.07) is 12.0. The SMILES string of the molecule is O=C(NCCn1cnc(-c2ccccc2)cc1=O)c1cc(=O)[nH]cn1. The Balaban J connectivity index is 1.63. The van der Waals surface area contributed by atoms with E-state index in [1.165, 1.54) is 17.0 Å². The van der Waals surface area contributed by atoms with Crippen LogP contribution in [0.4, 0.5) is 0 Å². The van der Waals surface area contributed by atoms with E-state index in [-0.39, 0.29) is 24.3 Å². The zero-order valence-corrected chi connectivity index (χ0v) is 13.2. The largest absolute Gasteiger partial charge is 0.349 e. The highest BCUT2D eigenvalue weighted by atomic mass is 16.2. The van der Waals surface area contributed by atoms with Gasteiger partial charge >= 0.3 is 0 Å². The first kappa shape index (κ1) is 16.3. The Hall–Kier alpha value is -3.55. The molecular weight excluding hydrogens is 322 g/mol. The minimum Gasteiger partial charge on any atom is -0.349 e. The molecule has 2 N–H and O–H groups in total. The van der Waals surface area contributed by atoms with E-state index in [4.69, 9.17) is 0 Å². The first-order valence-corrected chi connectivity index (χ1v) is 7.58. The lowest BCUT2D eigenvalue weighted by atomic mass is 10.1. The van der Waals surface area contributed by atoms with Crippen molar-refractivity contribution in [3.63, 3.8) is 0 Å². The molecule has 1 amide bonds. The normalized spacial score (nSPS) is 10.4. The highest BCUT2D eigenvalue weighted by molar-refractivity contribution is 5.91. The van der Waals surface area contributed by atoms with Gasteiger partial charge in [0.2, 0.25) is 0 Å². The van der Waals surface area contributed by atoms with Crippen LogP contribution in [0.3, 0.4) is 0 Å². The monoisotopic (exact) mass is 337 g/mol. The van der Waals surface area contributed by atoms with Crippen LogP contribution in [0, 0.1) is 0 Å². The topological polar surface area (TPSA) is 110 Å². The maximum absolute atomic E-state index is 12.2. The fourth-order valence-electron chi connectivity index (χ4n) is 2.23. The number of carbonyl (C=O) groups excluding carboxylic acids is 1. The molecule has 25 heavy (non-hydrogen) atoms. The van der Waals surface area contributed by atoms with Crippen LogP contribution in [0.25, 0.3) is 11.3 Å². The fourth-order valence-corrected chi connectivity index (χ4v) is 2.23. The fraction of sp³-hybridized carbons (Fsp3) is 0.118. The van der Waals surface area contributed by atoms with Crippen molar-refractivity contribution < 1.29 is 4.79 Å². The number of hydrogen-bond acceptors (Lipinski definition) is 5. The molecule has 0 fully saturated rings. The predicted molar refractivity (Wildman–Crippen MR) is 91.1 cm³/mol. The van der Waals surface area contributed by atoms with Gasteiger partial charge in [0.25, 0.3) is 17.0 Å². The van der Waals surface area contributed by atoms with Gasteiger partial charge in [-0.15, -0.1) is 0 Å². The summed E-state index contributed by atoms with van der Waals surface area (Å²) in [5.41, 5.74) is 0.863. The summed E-state index contributed by atoms with van der Waals surface area (Å²) in [7, 11) is 0. The molecule has 0 aliphatic carbocycles. The molecule has 0 aliphatic heterocycles. The standard InChI is InChI=1S/C17H15N5O3/c23-15-8-14(19-10-20-15)17(25)18-6-7-22-11-21-13(9-16(22)24)12-4-2-1-3-5-12/h1-5,8-11H,6-7H2,(H,18,25)(H,19,20,23). The first-order chi connectivity index (χ1) is 12.1. The molecule has 3 aromatic rings. The molecule has 0 atom stereocenters. The van der Waals surface area contributed by atoms with Crippen LogP contribution >= 0.6 is 0 Å². The third-order valence-corrected chi connectivity index (χ3v) is 3.50. The molecule has 1 aromatic carbocycles. The highest BCUT2D eigenvalue weighted by Crippen LogP contribution is 2.13. The van der Waals surface area contributed by atoms with E-state index >= 15 is 0 Å². The van der Waals surface area contributed by atoms with Gasteiger partial charge < -0.3 is 10.3 Å². The summed E-state index contributed by atoms with van der Waals surface area (Å²) < 4.78 is 1.40. The van der Waals surface area contributed by atoms with Crippen LogP contribution in [0.5, 0.6) is 0 Å². The quantitative estimate of drug-likeness (QED) is 0.701. The number of H-pyrrole nitrogens is 1. The lowest BCUT2D eigenvalue weighted by molar-refractivity contribution is 0.0947. The second-order valence-electron chi connectivity index (χ2n) is 5.22. The van der Waals surface area contributed by atoms with Crippen LogP contribution in [0.2, 0.25) is 0 Å². The van der Waals surface area contributed by atoms with Gasteiger partial charge in [0, 0.05) is 30.8 Å². The summed E-state index contributed by atoms with van der Waals surface area (Å²) in [5, 5.41) is 2.61. The Kier molecular flexibility index (Phi) is 4.79. The minimum atomic E-state index is -0.479. The van der Waals surface area contributed by atoms with Gasteiger partial charge in [-0.05, 0) is 0 Å². The van der Waals surface area contributed by atoms with E-state index in [9.17, 15) is 14.4 Å². The van der Waals surface area contributed by atoms with Crippen LogP contribution in [0.15, 0.2) is 64.7 Å². The smallest absolute Gasteiger partial charge is 0.270 e. The van der Waals surface area contributed by atoms with Crippen LogP contribution < -0.4 is 16.4 Å². The molecule has 0 saturated carbocycles. The highest BCUT2D eigenvalue weighted by Gasteiger charge is 2.07. The van der Waals surface area contributed by atoms with Crippen molar-refractivity contribution in [1.82, 2.24) is 24.8 Å². The van der Waals surface area contributed by atoms with E-state index in [0.29, 0.717) is 5.69 Å². The molecule has 2 heterocycles. The Labute approximate surface area is 142 Å². The van der Waals surface area contributed by atoms with Crippen molar-refractivity contribution in [3.05, 3.63) is 81.5 Å². The van der Waals surface area contributed by atoms with Crippen LogP contribution in [0.1, 0.15) is 10.5 Å². The summed E-state index contributed by atoms with van der Waals surface area (Å²) >= 11 is 0. The van der Waals surface area contributed by atoms with Gasteiger partial charge in [0.15, 0.2) is 0 Å². The number of nitrogens with zero attached hydrogens (tertiary/aromatic N) is 3. The zero-order chi connectivity index (χ0) is 17.6. The second kappa shape index (κ2) is 7.35. The third-order valence-electron chi connectivity index (χ3n) is 3.50. The van der Waals surface area contributed by atoms with Crippen molar-refractivity contribution in [2.45, 2.75) is 6.54 Å². The summed E-state index contributed by atoms with van der Waals surface area (Å²) in [5.74, 6) is -0.479. The molecule has 0 saturated heterocycles. The molecule has 8 nitrogen and oxygen atoms in total. The molecule has 0 radical (unpaired) electrons. The third kappa shape index (κ3) is 4.05. The van der Waals surface area contributed by atoms with Crippen molar-refractivity contribution >= 4 is 5.91 Å². The number of carbonyl (C=O) groups is 1. The Bertz CT molecular complexity index is 995. The molecule has 0 spiro atoms. The van der Waals surface area contributed by atoms with Crippen molar-refractivity contribution in [2.24, 2.45) is 0 Å². The summed E-state index contributed by atoms with van der Waals surface area (Å²) in [6.45, 7) is 0.468. The predicted octanol–water partition coefficient (Wildman–Crippen LogP) is 0.424. The second-order valence-corrected chi connectivity index (χ2v) is 5.22. The average Bonchev–Trinajstić information content (AvgIpc) is 2.63. The van der Waals surface area contributed by atoms with Gasteiger partial charge in [-0.3, -0.25) is 19.0 Å². The Morgan fingerprint density at radius 3 is 2.64 bits per heavy atom. The Morgan fingerprint density at radius 1 is 1.12 bits per heavy atom. The molecule has 3 rings (SSSR count). The molecule has 0 aliphatic rings. The van der Waals surface area contributed by atoms with Gasteiger partial charge in [-0.1, -0.05) is 30.3 Å². The first-order valence-electron chi connectivity index (χ1n) is 7.58. The average molecular weight is 337 g/mol. The lowest BCUT2D eigenvalue weighted by Gasteiger charge is -2.08. The number of amides is 1. The molecule has 8 heteroatoms. The number of aromatic nitrogens is 4. The van der Waals surface area contributed by atoms with Crippen molar-refractivity contribution in [1.29, 1.82) is 0 Å². The summed E-state index contributed by atoms with van der Waals surface area (Å²) in [6.07, 6.45) is 2.61. The minimum absolute atomic E-state index is 0.0219. The Morgan fingerprint density at radius 2 is 1.92 bits per heavy atom. The van der Waals surface area contributed by atoms with E-state index in [1.54, 1.807) is 0 Å². The number of benzene rings is 1. The maximum Gasteiger partial charge on any atom is 0.270 e. The number of rotatable bonds is 5. The van der Waals surface area contributed by atoms with Crippen molar-refractivity contribution in [3.8, 4) is 11.3 Å². The van der Waals surface area contributed by atoms with E-state index in [1.807, 2.05) is 30.3 Å². The van der Waals surface area contributed by atoms with E-state index < -0.39 is 11.5 Å². The van der Waals surface area contributed by atoms with Gasteiger partial charge in [-0.25, -0.2) is 9.97 Å². The maximum atomic E-state index is 12.2. The van der Waals surface area contributed by atoms with Gasteiger partial charge in [0.1, 0.15) is 5.69 Å². The van der Waals surface area contributed by atoms with Gasteiger partial charge in [0.05, 0.1) is 18.3 Å². The molecule has 0 unspecified atom stereocenters.